The largest absolute Gasteiger partial charge is 0.458 e. The van der Waals surface area contributed by atoms with Crippen molar-refractivity contribution in [2.45, 2.75) is 455 Å². The first kappa shape index (κ1) is 121. The van der Waals surface area contributed by atoms with Crippen LogP contribution >= 0.6 is 0 Å². The standard InChI is InChI=1S/C101H160O49/c1-16-96(11,149-89-74(125)65(116)58(109)41(4)134-89)26-18-20-40(3)82(128)143-77-42(5)136-90(75(126)69(77)120)150-97(12,17-2)27-19-21-44(33-102)83(129)141-57-32-101(93(130)148-92-81(68(119)62(113)50(35-104)139-92)147-88-76(127)79(145-87-73(124)66(117)61(112)49(34-103)137-87)78(43(6)135-88)144-86-71(122)63(114)51(36-105)138-86)46(30-94(57,7)8)45-22-23-54-98(13)28-25-56(95(9,10)53(98)24-29-99(54,14)100(45,15)31-55(101)108)142-85-72(123)67(118)64(115)52(140-85)39-133-91-80(60(111)48(107)38-132-91)146-84-70(121)59(110)47(106)37-131-84/h16-17,20-22,41-43,46-81,84-92,102-127H,1-2,18-19,23-39H2,3-15H3/b40-20+,44-21+/t41-,42-,43+,46?,47-,48+,49-,50-,51+,52-,53?,54?,55-,56-,57?,58-,59+,60+,61-,62-,63+,64-,65+,66+,67+,68+,69-,70-,71-,72-,73-,74-,75-,76-,77-,78+,79+,80-,81-,84+,85+,86+,87+,88+,89+,90+,91+,92+,96+,97-,98+,99-,100-,101-/m1/s1. The second-order valence-corrected chi connectivity index (χ2v) is 45.7. The molecule has 0 amide bonds. The van der Waals surface area contributed by atoms with E-state index in [1.807, 2.05) is 20.8 Å². The van der Waals surface area contributed by atoms with E-state index in [1.165, 1.54) is 52.0 Å². The molecule has 26 N–H and O–H groups in total. The minimum Gasteiger partial charge on any atom is -0.458 e. The fourth-order valence-corrected chi connectivity index (χ4v) is 25.4. The number of carbonyl (C=O) groups excluding carboxylic acids is 3. The Morgan fingerprint density at radius 2 is 0.887 bits per heavy atom. The Morgan fingerprint density at radius 3 is 1.48 bits per heavy atom. The number of hydrogen-bond donors (Lipinski definition) is 26. The van der Waals surface area contributed by atoms with Gasteiger partial charge in [-0.15, -0.1) is 13.2 Å². The van der Waals surface area contributed by atoms with Gasteiger partial charge in [0.05, 0.1) is 93.5 Å². The third kappa shape index (κ3) is 23.3. The SMILES string of the molecule is C=C[C@@](C)(CC/C=C(\C)C(=O)O[C@H]1[C@H](O)[C@@H](O)[C@H](O[C@](C)(C=C)CC/C=C(\CO)C(=O)OC2C[C@@]3(C(=O)O[C@@H]4O[C@H](CO)[C@@H](O)[C@H](O)[C@H]4O[C@@H]4O[C@@H](C)[C@H](O[C@@H]5O[C@@H](CO)[C@H](O)[C@H]5O)[C@@H](O[C@@H]5O[C@H](CO)[C@@H](O)[C@H](O)[C@H]5O)[C@H]4O)C(CC2(C)C)C2=CCC4[C@@]5(C)CC[C@@H](O[C@@H]6O[C@H](CO[C@@H]7OC[C@H](O)[C@H](O)[C@H]7O[C@@H]7OC[C@@H](O)[C@H](O)[C@H]7O)[C@@H](O)[C@H](O)[C@H]6O)C(C)(C)C5CC[C@@]4(C)[C@]2(C)C[C@H]3O)O[C@@H]1C)O[C@@H]1O[C@H](C)[C@@H](O)[C@H](O)[C@H]1O. The molecule has 54 atom stereocenters. The van der Waals surface area contributed by atoms with E-state index in [2.05, 4.69) is 33.1 Å². The Balaban J connectivity index is 0.715. The Labute approximate surface area is 867 Å². The number of esters is 3. The second kappa shape index (κ2) is 47.7. The lowest BCUT2D eigenvalue weighted by Crippen LogP contribution is -2.70. The molecule has 4 unspecified atom stereocenters. The molecule has 9 saturated heterocycles. The Hall–Kier alpha value is -4.61. The van der Waals surface area contributed by atoms with Crippen LogP contribution in [-0.2, 0) is 109 Å². The maximum absolute atomic E-state index is 16.9. The first-order valence-corrected chi connectivity index (χ1v) is 51.8. The summed E-state index contributed by atoms with van der Waals surface area (Å²) in [6.45, 7) is 25.5. The molecule has 0 radical (unpaired) electrons. The van der Waals surface area contributed by atoms with Crippen molar-refractivity contribution < 1.29 is 242 Å². The van der Waals surface area contributed by atoms with E-state index < -0.39 is 397 Å². The zero-order valence-corrected chi connectivity index (χ0v) is 86.5. The monoisotopic (exact) mass is 2160 g/mol. The highest BCUT2D eigenvalue weighted by Gasteiger charge is 2.74. The summed E-state index contributed by atoms with van der Waals surface area (Å²) in [6, 6.07) is 0. The highest BCUT2D eigenvalue weighted by molar-refractivity contribution is 5.89. The first-order chi connectivity index (χ1) is 70.3. The van der Waals surface area contributed by atoms with Gasteiger partial charge in [0.25, 0.3) is 0 Å². The molecular weight excluding hydrogens is 2000 g/mol. The summed E-state index contributed by atoms with van der Waals surface area (Å²) in [6.07, 6.45) is -67.7. The molecule has 0 aromatic rings. The van der Waals surface area contributed by atoms with E-state index in [-0.39, 0.29) is 61.5 Å². The van der Waals surface area contributed by atoms with Crippen molar-refractivity contribution in [3.8, 4) is 0 Å². The fraction of sp³-hybridized carbons (Fsp3) is 0.871. The number of hydrogen-bond acceptors (Lipinski definition) is 49. The molecule has 14 rings (SSSR count). The number of ether oxygens (including phenoxy) is 20. The number of carbonyl (C=O) groups is 3. The minimum atomic E-state index is -2.30. The third-order valence-electron chi connectivity index (χ3n) is 35.3. The number of aliphatic hydroxyl groups excluding tert-OH is 26. The van der Waals surface area contributed by atoms with Crippen molar-refractivity contribution >= 4 is 17.9 Å². The highest BCUT2D eigenvalue weighted by Crippen LogP contribution is 2.77. The molecule has 858 valence electrons. The Kier molecular flexibility index (Phi) is 38.4. The molecule has 150 heavy (non-hydrogen) atoms. The van der Waals surface area contributed by atoms with E-state index in [4.69, 9.17) is 94.7 Å². The van der Waals surface area contributed by atoms with Crippen molar-refractivity contribution in [3.05, 3.63) is 60.3 Å². The van der Waals surface area contributed by atoms with Gasteiger partial charge in [-0.3, -0.25) is 4.79 Å². The molecule has 5 aliphatic carbocycles. The first-order valence-electron chi connectivity index (χ1n) is 51.8. The number of fused-ring (bicyclic) bond motifs is 7. The van der Waals surface area contributed by atoms with E-state index in [1.54, 1.807) is 27.7 Å². The van der Waals surface area contributed by atoms with Crippen molar-refractivity contribution in [2.75, 3.05) is 46.2 Å². The van der Waals surface area contributed by atoms with E-state index >= 15 is 9.59 Å². The van der Waals surface area contributed by atoms with Crippen molar-refractivity contribution in [1.82, 2.24) is 0 Å². The average Bonchev–Trinajstić information content (AvgIpc) is 0.718. The number of allylic oxidation sites excluding steroid dienone is 4. The van der Waals surface area contributed by atoms with Gasteiger partial charge < -0.3 is 228 Å². The minimum absolute atomic E-state index is 0.0581. The smallest absolute Gasteiger partial charge is 0.336 e. The summed E-state index contributed by atoms with van der Waals surface area (Å²) in [5, 5.41) is 290. The third-order valence-corrected chi connectivity index (χ3v) is 35.3. The molecule has 0 bridgehead atoms. The topological polar surface area (TPSA) is 762 Å². The lowest BCUT2D eigenvalue weighted by atomic mass is 9.33. The van der Waals surface area contributed by atoms with Crippen LogP contribution in [0.5, 0.6) is 0 Å². The fourth-order valence-electron chi connectivity index (χ4n) is 25.4. The maximum Gasteiger partial charge on any atom is 0.336 e. The molecule has 0 aromatic carbocycles. The van der Waals surface area contributed by atoms with Gasteiger partial charge in [-0.1, -0.05) is 84.4 Å². The zero-order valence-electron chi connectivity index (χ0n) is 86.5. The average molecular weight is 2160 g/mol. The Bertz CT molecular complexity index is 4630. The van der Waals surface area contributed by atoms with Crippen LogP contribution < -0.4 is 0 Å². The summed E-state index contributed by atoms with van der Waals surface area (Å²) in [5.41, 5.74) is -8.73. The zero-order chi connectivity index (χ0) is 110. The lowest BCUT2D eigenvalue weighted by molar-refractivity contribution is -0.390. The predicted molar refractivity (Wildman–Crippen MR) is 503 cm³/mol. The normalized spacial score (nSPS) is 49.2. The van der Waals surface area contributed by atoms with Crippen LogP contribution in [0.2, 0.25) is 0 Å². The molecule has 14 aliphatic rings. The summed E-state index contributed by atoms with van der Waals surface area (Å²) < 4.78 is 121. The van der Waals surface area contributed by atoms with Crippen LogP contribution in [0, 0.1) is 50.2 Å². The number of rotatable bonds is 35. The van der Waals surface area contributed by atoms with Gasteiger partial charge in [-0.25, -0.2) is 9.59 Å². The Morgan fingerprint density at radius 1 is 0.427 bits per heavy atom. The van der Waals surface area contributed by atoms with Gasteiger partial charge >= 0.3 is 17.9 Å². The van der Waals surface area contributed by atoms with Gasteiger partial charge in [0, 0.05) is 17.4 Å². The highest BCUT2D eigenvalue weighted by atomic mass is 16.8. The molecule has 9 aliphatic heterocycles. The van der Waals surface area contributed by atoms with Gasteiger partial charge in [0.2, 0.25) is 6.29 Å². The molecule has 13 fully saturated rings. The maximum atomic E-state index is 16.9. The van der Waals surface area contributed by atoms with Crippen LogP contribution in [0.25, 0.3) is 0 Å². The van der Waals surface area contributed by atoms with Gasteiger partial charge in [0.1, 0.15) is 182 Å². The van der Waals surface area contributed by atoms with E-state index in [0.29, 0.717) is 37.7 Å². The van der Waals surface area contributed by atoms with Gasteiger partial charge in [-0.05, 0) is 152 Å². The van der Waals surface area contributed by atoms with Crippen molar-refractivity contribution in [2.24, 2.45) is 50.2 Å². The molecular formula is C101H160O49. The van der Waals surface area contributed by atoms with Crippen molar-refractivity contribution in [1.29, 1.82) is 0 Å². The van der Waals surface area contributed by atoms with E-state index in [9.17, 15) is 138 Å². The van der Waals surface area contributed by atoms with E-state index in [0.717, 1.165) is 0 Å². The summed E-state index contributed by atoms with van der Waals surface area (Å²) in [4.78, 5) is 45.7. The predicted octanol–water partition coefficient (Wildman–Crippen LogP) is -6.57. The quantitative estimate of drug-likeness (QED) is 0.00922. The van der Waals surface area contributed by atoms with Crippen LogP contribution in [0.4, 0.5) is 0 Å². The molecule has 0 spiro atoms. The molecule has 49 heteroatoms. The molecule has 4 saturated carbocycles. The number of aliphatic hydroxyl groups is 26. The van der Waals surface area contributed by atoms with Gasteiger partial charge in [-0.2, -0.15) is 0 Å². The van der Waals surface area contributed by atoms with Crippen LogP contribution in [0.1, 0.15) is 167 Å². The molecule has 0 aromatic heterocycles. The second-order valence-electron chi connectivity index (χ2n) is 45.7. The lowest BCUT2D eigenvalue weighted by Gasteiger charge is -2.72. The van der Waals surface area contributed by atoms with Crippen LogP contribution in [-0.4, -0.2) is 484 Å². The summed E-state index contributed by atoms with van der Waals surface area (Å²) >= 11 is 0. The van der Waals surface area contributed by atoms with Crippen molar-refractivity contribution in [3.63, 3.8) is 0 Å². The summed E-state index contributed by atoms with van der Waals surface area (Å²) in [7, 11) is 0. The van der Waals surface area contributed by atoms with Crippen LogP contribution in [0.3, 0.4) is 0 Å². The summed E-state index contributed by atoms with van der Waals surface area (Å²) in [5.74, 6) is -4.70. The van der Waals surface area contributed by atoms with Gasteiger partial charge in [0.15, 0.2) is 62.5 Å². The molecule has 9 heterocycles. The van der Waals surface area contributed by atoms with Crippen LogP contribution in [0.15, 0.2) is 60.3 Å². The molecule has 49 nitrogen and oxygen atoms in total.